The molecule has 0 aromatic heterocycles. The maximum Gasteiger partial charge on any atom is 0.193 e. The summed E-state index contributed by atoms with van der Waals surface area (Å²) < 4.78 is 5.40. The molecule has 134 valence electrons. The Hall–Kier alpha value is -0.0800. The van der Waals surface area contributed by atoms with Gasteiger partial charge >= 0.3 is 0 Å². The van der Waals surface area contributed by atoms with Crippen molar-refractivity contribution in [3.8, 4) is 0 Å². The largest absolute Gasteiger partial charge is 0.379 e. The van der Waals surface area contributed by atoms with E-state index >= 15 is 0 Å². The number of hydrogen-bond acceptors (Lipinski definition) is 3. The van der Waals surface area contributed by atoms with Crippen LogP contribution in [-0.2, 0) is 4.74 Å². The van der Waals surface area contributed by atoms with Crippen LogP contribution in [0.25, 0.3) is 0 Å². The number of nitrogens with one attached hydrogen (secondary N) is 1. The van der Waals surface area contributed by atoms with Crippen LogP contribution in [0.1, 0.15) is 32.6 Å². The zero-order chi connectivity index (χ0) is 15.2. The molecule has 23 heavy (non-hydrogen) atoms. The van der Waals surface area contributed by atoms with Crippen LogP contribution in [0.5, 0.6) is 0 Å². The molecule has 0 spiro atoms. The van der Waals surface area contributed by atoms with Crippen LogP contribution < -0.4 is 5.32 Å². The van der Waals surface area contributed by atoms with Crippen molar-refractivity contribution in [2.24, 2.45) is 16.8 Å². The van der Waals surface area contributed by atoms with E-state index in [-0.39, 0.29) is 24.0 Å². The molecular formula is C17H33IN4O. The molecular weight excluding hydrogens is 403 g/mol. The van der Waals surface area contributed by atoms with Gasteiger partial charge in [-0.05, 0) is 31.6 Å². The van der Waals surface area contributed by atoms with E-state index in [1.165, 1.54) is 38.8 Å². The number of morpholine rings is 1. The number of likely N-dealkylation sites (tertiary alicyclic amines) is 1. The quantitative estimate of drug-likeness (QED) is 0.416. The van der Waals surface area contributed by atoms with Crippen LogP contribution in [0.3, 0.4) is 0 Å². The monoisotopic (exact) mass is 436 g/mol. The van der Waals surface area contributed by atoms with Crippen molar-refractivity contribution in [1.82, 2.24) is 15.1 Å². The standard InChI is InChI=1S/C17H32N4O.HI/c1-2-18-17(19-7-8-20-9-11-22-12-10-20)21-13-15-5-3-4-6-16(15)14-21;/h15-16H,2-14H2,1H3,(H,18,19);1H. The number of nitrogens with zero attached hydrogens (tertiary/aromatic N) is 3. The van der Waals surface area contributed by atoms with Gasteiger partial charge in [0.05, 0.1) is 19.8 Å². The van der Waals surface area contributed by atoms with Gasteiger partial charge in [0.25, 0.3) is 0 Å². The maximum absolute atomic E-state index is 5.40. The van der Waals surface area contributed by atoms with Gasteiger partial charge in [0.15, 0.2) is 5.96 Å². The Bertz CT molecular complexity index is 360. The van der Waals surface area contributed by atoms with Crippen molar-refractivity contribution < 1.29 is 4.74 Å². The van der Waals surface area contributed by atoms with Gasteiger partial charge in [-0.15, -0.1) is 24.0 Å². The number of fused-ring (bicyclic) bond motifs is 1. The van der Waals surface area contributed by atoms with E-state index in [1.807, 2.05) is 0 Å². The Balaban J connectivity index is 0.00000192. The molecule has 2 atom stereocenters. The molecule has 5 nitrogen and oxygen atoms in total. The molecule has 1 saturated carbocycles. The van der Waals surface area contributed by atoms with E-state index in [9.17, 15) is 0 Å². The van der Waals surface area contributed by atoms with Crippen LogP contribution in [0, 0.1) is 11.8 Å². The predicted molar refractivity (Wildman–Crippen MR) is 106 cm³/mol. The van der Waals surface area contributed by atoms with Crippen LogP contribution >= 0.6 is 24.0 Å². The minimum Gasteiger partial charge on any atom is -0.379 e. The lowest BCUT2D eigenvalue weighted by Gasteiger charge is -2.26. The third-order valence-electron chi connectivity index (χ3n) is 5.39. The van der Waals surface area contributed by atoms with E-state index in [0.29, 0.717) is 0 Å². The second-order valence-electron chi connectivity index (χ2n) is 6.90. The lowest BCUT2D eigenvalue weighted by atomic mass is 9.82. The molecule has 2 heterocycles. The first-order valence-corrected chi connectivity index (χ1v) is 9.20. The fourth-order valence-electron chi connectivity index (χ4n) is 4.13. The van der Waals surface area contributed by atoms with Gasteiger partial charge in [-0.25, -0.2) is 0 Å². The predicted octanol–water partition coefficient (Wildman–Crippen LogP) is 2.02. The zero-order valence-corrected chi connectivity index (χ0v) is 16.8. The topological polar surface area (TPSA) is 40.1 Å². The Morgan fingerprint density at radius 2 is 1.78 bits per heavy atom. The molecule has 1 N–H and O–H groups in total. The summed E-state index contributed by atoms with van der Waals surface area (Å²) in [5, 5.41) is 3.50. The average molecular weight is 436 g/mol. The zero-order valence-electron chi connectivity index (χ0n) is 14.5. The molecule has 1 aliphatic carbocycles. The summed E-state index contributed by atoms with van der Waals surface area (Å²) in [7, 11) is 0. The summed E-state index contributed by atoms with van der Waals surface area (Å²) >= 11 is 0. The van der Waals surface area contributed by atoms with E-state index in [2.05, 4.69) is 22.0 Å². The maximum atomic E-state index is 5.40. The molecule has 2 saturated heterocycles. The molecule has 0 amide bonds. The molecule has 3 aliphatic rings. The van der Waals surface area contributed by atoms with Gasteiger partial charge in [0.2, 0.25) is 0 Å². The molecule has 6 heteroatoms. The Kier molecular flexibility index (Phi) is 8.40. The number of guanidine groups is 1. The summed E-state index contributed by atoms with van der Waals surface area (Å²) in [6, 6.07) is 0. The highest BCUT2D eigenvalue weighted by Crippen LogP contribution is 2.35. The van der Waals surface area contributed by atoms with Gasteiger partial charge < -0.3 is 15.0 Å². The summed E-state index contributed by atoms with van der Waals surface area (Å²) in [5.74, 6) is 2.97. The molecule has 0 aromatic rings. The number of rotatable bonds is 4. The SMILES string of the molecule is CCNC(=NCCN1CCOCC1)N1CC2CCCCC2C1.I. The number of aliphatic imine (C=N–C) groups is 1. The van der Waals surface area contributed by atoms with Gasteiger partial charge in [0.1, 0.15) is 0 Å². The van der Waals surface area contributed by atoms with Gasteiger partial charge in [-0.3, -0.25) is 9.89 Å². The summed E-state index contributed by atoms with van der Waals surface area (Å²) in [5.41, 5.74) is 0. The van der Waals surface area contributed by atoms with E-state index < -0.39 is 0 Å². The minimum atomic E-state index is 0. The lowest BCUT2D eigenvalue weighted by Crippen LogP contribution is -2.41. The first-order valence-electron chi connectivity index (χ1n) is 9.20. The first kappa shape index (κ1) is 19.2. The Morgan fingerprint density at radius 3 is 2.39 bits per heavy atom. The third kappa shape index (κ3) is 5.46. The second kappa shape index (κ2) is 10.0. The smallest absolute Gasteiger partial charge is 0.193 e. The van der Waals surface area contributed by atoms with Crippen molar-refractivity contribution in [1.29, 1.82) is 0 Å². The third-order valence-corrected chi connectivity index (χ3v) is 5.39. The Labute approximate surface area is 158 Å². The van der Waals surface area contributed by atoms with Gasteiger partial charge in [-0.2, -0.15) is 0 Å². The van der Waals surface area contributed by atoms with Crippen LogP contribution in [-0.4, -0.2) is 74.8 Å². The summed E-state index contributed by atoms with van der Waals surface area (Å²) in [6.45, 7) is 11.4. The molecule has 0 bridgehead atoms. The number of ether oxygens (including phenoxy) is 1. The van der Waals surface area contributed by atoms with Crippen LogP contribution in [0.4, 0.5) is 0 Å². The molecule has 3 rings (SSSR count). The van der Waals surface area contributed by atoms with Crippen molar-refractivity contribution in [2.45, 2.75) is 32.6 Å². The highest BCUT2D eigenvalue weighted by Gasteiger charge is 2.35. The lowest BCUT2D eigenvalue weighted by molar-refractivity contribution is 0.0394. The van der Waals surface area contributed by atoms with E-state index in [4.69, 9.17) is 9.73 Å². The molecule has 0 radical (unpaired) electrons. The Morgan fingerprint density at radius 1 is 1.13 bits per heavy atom. The van der Waals surface area contributed by atoms with Crippen molar-refractivity contribution in [3.05, 3.63) is 0 Å². The molecule has 2 aliphatic heterocycles. The molecule has 0 aromatic carbocycles. The van der Waals surface area contributed by atoms with Crippen molar-refractivity contribution in [2.75, 3.05) is 59.0 Å². The number of hydrogen-bond donors (Lipinski definition) is 1. The minimum absolute atomic E-state index is 0. The highest BCUT2D eigenvalue weighted by atomic mass is 127. The highest BCUT2D eigenvalue weighted by molar-refractivity contribution is 14.0. The first-order chi connectivity index (χ1) is 10.9. The fourth-order valence-corrected chi connectivity index (χ4v) is 4.13. The summed E-state index contributed by atoms with van der Waals surface area (Å²) in [4.78, 5) is 9.87. The van der Waals surface area contributed by atoms with Crippen molar-refractivity contribution in [3.63, 3.8) is 0 Å². The average Bonchev–Trinajstić information content (AvgIpc) is 2.99. The van der Waals surface area contributed by atoms with Gasteiger partial charge in [-0.1, -0.05) is 12.8 Å². The fraction of sp³-hybridized carbons (Fsp3) is 0.941. The van der Waals surface area contributed by atoms with Crippen molar-refractivity contribution >= 4 is 29.9 Å². The normalized spacial score (nSPS) is 29.1. The van der Waals surface area contributed by atoms with E-state index in [1.54, 1.807) is 0 Å². The molecule has 3 fully saturated rings. The van der Waals surface area contributed by atoms with Crippen LogP contribution in [0.15, 0.2) is 4.99 Å². The van der Waals surface area contributed by atoms with E-state index in [0.717, 1.165) is 63.7 Å². The number of halogens is 1. The van der Waals surface area contributed by atoms with Crippen LogP contribution in [0.2, 0.25) is 0 Å². The van der Waals surface area contributed by atoms with Gasteiger partial charge in [0, 0.05) is 39.3 Å². The summed E-state index contributed by atoms with van der Waals surface area (Å²) in [6.07, 6.45) is 5.71. The molecule has 2 unspecified atom stereocenters. The second-order valence-corrected chi connectivity index (χ2v) is 6.90.